The molecule has 109 heavy (non-hydrogen) atoms. The van der Waals surface area contributed by atoms with Crippen molar-refractivity contribution in [1.29, 1.82) is 0 Å². The van der Waals surface area contributed by atoms with Crippen LogP contribution < -0.4 is 0 Å². The van der Waals surface area contributed by atoms with Gasteiger partial charge >= 0.3 is 20.1 Å². The molecule has 6 nitrogen and oxygen atoms in total. The molecule has 7 heteroatoms. The van der Waals surface area contributed by atoms with Gasteiger partial charge in [0.25, 0.3) is 0 Å². The fourth-order valence-corrected chi connectivity index (χ4v) is 15.6. The van der Waals surface area contributed by atoms with Crippen LogP contribution in [0.3, 0.4) is 0 Å². The van der Waals surface area contributed by atoms with Crippen molar-refractivity contribution in [2.24, 2.45) is 0 Å². The van der Waals surface area contributed by atoms with Crippen molar-refractivity contribution in [3.8, 4) is 118 Å². The monoisotopic (exact) mass is 1590 g/mol. The minimum atomic E-state index is 0. The topological polar surface area (TPSA) is 53.5 Å². The van der Waals surface area contributed by atoms with E-state index < -0.39 is 0 Å². The molecule has 13 aromatic carbocycles. The van der Waals surface area contributed by atoms with E-state index in [1.54, 1.807) is 0 Å². The standard InChI is InChI=1S/C102H87N6.Ir/c1-70(2)91-64-88(79-31-13-7-14-32-79)67-94(97(91)106-55-52-103-100(106)82-37-19-10-20-38-82)85-43-25-28-73(61-85)46-49-76-58-77(50-47-74-29-26-44-86(62-74)95-68-89(80-33-15-8-16-34-80)65-92(71(3)4)98(95)107-56-53-104-101(107)83-39-21-11-22-40-83)60-78(59-76)51-48-75-30-27-45-87(63-75)96-69-90(81-35-17-9-18-36-81)66-93(72(5)6)99(96)108-57-54-105-102(108)84-41-23-12-24-42-84;/h7-37,39,41,43-45,52-72H,46-51H2,1-6H3;/q-3;+3. The largest absolute Gasteiger partial charge is 3.00 e. The zero-order valence-corrected chi connectivity index (χ0v) is 65.1. The Labute approximate surface area is 656 Å². The molecule has 0 aliphatic rings. The van der Waals surface area contributed by atoms with Crippen LogP contribution in [0.25, 0.3) is 118 Å². The summed E-state index contributed by atoms with van der Waals surface area (Å²) in [4.78, 5) is 14.9. The molecule has 16 aromatic rings. The fourth-order valence-electron chi connectivity index (χ4n) is 15.6. The zero-order valence-electron chi connectivity index (χ0n) is 62.7. The molecule has 0 saturated heterocycles. The summed E-state index contributed by atoms with van der Waals surface area (Å²) in [7, 11) is 0. The molecule has 3 heterocycles. The molecule has 534 valence electrons. The second-order valence-corrected chi connectivity index (χ2v) is 29.4. The Balaban J connectivity index is 0.00000946. The van der Waals surface area contributed by atoms with Crippen LogP contribution in [0.4, 0.5) is 0 Å². The van der Waals surface area contributed by atoms with Crippen molar-refractivity contribution in [3.63, 3.8) is 0 Å². The number of rotatable bonds is 24. The normalized spacial score (nSPS) is 11.4. The van der Waals surface area contributed by atoms with Gasteiger partial charge in [0.05, 0.1) is 17.5 Å². The molecular weight excluding hydrogens is 1500 g/mol. The van der Waals surface area contributed by atoms with Crippen molar-refractivity contribution < 1.29 is 20.1 Å². The number of imidazole rings is 3. The van der Waals surface area contributed by atoms with Crippen molar-refractivity contribution in [2.75, 3.05) is 0 Å². The molecule has 0 bridgehead atoms. The Morgan fingerprint density at radius 3 is 0.789 bits per heavy atom. The predicted molar refractivity (Wildman–Crippen MR) is 447 cm³/mol. The first-order valence-corrected chi connectivity index (χ1v) is 38.1. The van der Waals surface area contributed by atoms with E-state index in [2.05, 4.69) is 347 Å². The van der Waals surface area contributed by atoms with Crippen LogP contribution in [-0.4, -0.2) is 28.7 Å². The van der Waals surface area contributed by atoms with E-state index in [-0.39, 0.29) is 37.9 Å². The van der Waals surface area contributed by atoms with Gasteiger partial charge in [-0.2, -0.15) is 0 Å². The van der Waals surface area contributed by atoms with E-state index in [9.17, 15) is 0 Å². The minimum absolute atomic E-state index is 0. The third-order valence-corrected chi connectivity index (χ3v) is 21.0. The first kappa shape index (κ1) is 72.7. The van der Waals surface area contributed by atoms with Crippen molar-refractivity contribution in [2.45, 2.75) is 97.8 Å². The summed E-state index contributed by atoms with van der Waals surface area (Å²) in [5.41, 5.74) is 32.2. The molecule has 0 N–H and O–H groups in total. The average molecular weight is 1590 g/mol. The number of hydrogen-bond donors (Lipinski definition) is 0. The van der Waals surface area contributed by atoms with E-state index in [0.717, 1.165) is 89.8 Å². The third kappa shape index (κ3) is 15.9. The van der Waals surface area contributed by atoms with Crippen LogP contribution >= 0.6 is 0 Å². The first-order chi connectivity index (χ1) is 53.0. The molecule has 0 unspecified atom stereocenters. The Kier molecular flexibility index (Phi) is 22.1. The van der Waals surface area contributed by atoms with Gasteiger partial charge in [0.1, 0.15) is 0 Å². The molecule has 0 spiro atoms. The maximum atomic E-state index is 4.98. The second kappa shape index (κ2) is 33.1. The Hall–Kier alpha value is -11.9. The summed E-state index contributed by atoms with van der Waals surface area (Å²) in [6, 6.07) is 117. The second-order valence-electron chi connectivity index (χ2n) is 29.4. The maximum absolute atomic E-state index is 4.98. The van der Waals surface area contributed by atoms with Crippen molar-refractivity contribution in [3.05, 3.63) is 397 Å². The van der Waals surface area contributed by atoms with Gasteiger partial charge in [-0.1, -0.05) is 224 Å². The third-order valence-electron chi connectivity index (χ3n) is 21.0. The van der Waals surface area contributed by atoms with E-state index in [1.165, 1.54) is 117 Å². The van der Waals surface area contributed by atoms with Gasteiger partial charge in [-0.3, -0.25) is 15.0 Å². The van der Waals surface area contributed by atoms with E-state index in [4.69, 9.17) is 15.0 Å². The van der Waals surface area contributed by atoms with E-state index in [1.807, 2.05) is 55.0 Å². The van der Waals surface area contributed by atoms with Crippen molar-refractivity contribution in [1.82, 2.24) is 28.7 Å². The molecule has 0 atom stereocenters. The van der Waals surface area contributed by atoms with Crippen LogP contribution in [0, 0.1) is 18.2 Å². The molecular formula is C102H87IrN6. The molecule has 16 rings (SSSR count). The van der Waals surface area contributed by atoms with E-state index in [0.29, 0.717) is 0 Å². The Morgan fingerprint density at radius 2 is 0.523 bits per heavy atom. The van der Waals surface area contributed by atoms with Crippen LogP contribution in [0.15, 0.2) is 328 Å². The van der Waals surface area contributed by atoms with Gasteiger partial charge in [-0.05, 0) is 193 Å². The molecule has 0 amide bonds. The van der Waals surface area contributed by atoms with Crippen LogP contribution in [-0.2, 0) is 58.6 Å². The Morgan fingerprint density at radius 1 is 0.257 bits per heavy atom. The van der Waals surface area contributed by atoms with Gasteiger partial charge in [-0.25, -0.2) is 0 Å². The van der Waals surface area contributed by atoms with Crippen LogP contribution in [0.1, 0.15) is 109 Å². The summed E-state index contributed by atoms with van der Waals surface area (Å²) in [6.45, 7) is 13.8. The Bertz CT molecular complexity index is 5190. The minimum Gasteiger partial charge on any atom is -0.339 e. The van der Waals surface area contributed by atoms with E-state index >= 15 is 0 Å². The predicted octanol–water partition coefficient (Wildman–Crippen LogP) is 25.4. The number of aromatic nitrogens is 6. The summed E-state index contributed by atoms with van der Waals surface area (Å²) >= 11 is 0. The molecule has 3 aromatic heterocycles. The molecule has 0 aliphatic heterocycles. The summed E-state index contributed by atoms with van der Waals surface area (Å²) < 4.78 is 6.86. The summed E-state index contributed by atoms with van der Waals surface area (Å²) in [6.07, 6.45) is 17.4. The molecule has 0 radical (unpaired) electrons. The maximum Gasteiger partial charge on any atom is 3.00 e. The smallest absolute Gasteiger partial charge is 0.339 e. The van der Waals surface area contributed by atoms with Crippen LogP contribution in [0.5, 0.6) is 0 Å². The quantitative estimate of drug-likeness (QED) is 0.0567. The number of aryl methyl sites for hydroxylation is 6. The summed E-state index contributed by atoms with van der Waals surface area (Å²) in [5, 5.41) is 0. The average Bonchev–Trinajstić information content (AvgIpc) is 1.76. The number of benzene rings is 13. The molecule has 0 fully saturated rings. The van der Waals surface area contributed by atoms with Gasteiger partial charge in [0, 0.05) is 70.9 Å². The van der Waals surface area contributed by atoms with Crippen molar-refractivity contribution >= 4 is 0 Å². The number of nitrogens with zero attached hydrogens (tertiary/aromatic N) is 6. The van der Waals surface area contributed by atoms with Gasteiger partial charge in [0.2, 0.25) is 0 Å². The van der Waals surface area contributed by atoms with Crippen LogP contribution in [0.2, 0.25) is 0 Å². The van der Waals surface area contributed by atoms with Gasteiger partial charge in [-0.15, -0.1) is 108 Å². The zero-order chi connectivity index (χ0) is 73.5. The SMILES string of the molecule is CC(C)c1cc(-c2ccccc2)cc(-c2cccc(CCc3cc(CCc4cccc(-c5cc(-c6ccccc6)cc(C(C)C)c5-n5ccnc5-c5[c-]cccc5)c4)cc(CCc4cccc(-c5cc(-c6ccccc6)cc(C(C)C)c5-n5ccnc5-c5[c-]cccc5)c4)c3)c2)c1-n1ccnc1-c1[c-]cccc1.[Ir+3]. The molecule has 0 saturated carbocycles. The first-order valence-electron chi connectivity index (χ1n) is 38.1. The van der Waals surface area contributed by atoms with Gasteiger partial charge < -0.3 is 13.7 Å². The number of hydrogen-bond acceptors (Lipinski definition) is 3. The molecule has 0 aliphatic carbocycles. The fraction of sp³-hybridized carbons (Fsp3) is 0.147. The van der Waals surface area contributed by atoms with Gasteiger partial charge in [0.15, 0.2) is 0 Å². The summed E-state index contributed by atoms with van der Waals surface area (Å²) in [5.74, 6) is 3.28.